The van der Waals surface area contributed by atoms with Crippen LogP contribution in [0.25, 0.3) is 11.4 Å². The van der Waals surface area contributed by atoms with E-state index in [0.717, 1.165) is 23.4 Å². The summed E-state index contributed by atoms with van der Waals surface area (Å²) in [7, 11) is 0. The molecular formula is C19H15ClF2N4OS. The van der Waals surface area contributed by atoms with E-state index in [2.05, 4.69) is 22.1 Å². The van der Waals surface area contributed by atoms with Gasteiger partial charge >= 0.3 is 0 Å². The van der Waals surface area contributed by atoms with Crippen molar-refractivity contribution in [2.24, 2.45) is 0 Å². The molecule has 0 fully saturated rings. The number of hydrogen-bond acceptors (Lipinski definition) is 4. The van der Waals surface area contributed by atoms with E-state index in [4.69, 9.17) is 11.6 Å². The van der Waals surface area contributed by atoms with Gasteiger partial charge in [-0.25, -0.2) is 8.78 Å². The highest BCUT2D eigenvalue weighted by molar-refractivity contribution is 7.99. The number of thioether (sulfide) groups is 1. The Morgan fingerprint density at radius 3 is 2.79 bits per heavy atom. The molecule has 0 aliphatic carbocycles. The van der Waals surface area contributed by atoms with Gasteiger partial charge in [0.15, 0.2) is 11.0 Å². The molecule has 5 nitrogen and oxygen atoms in total. The Hall–Kier alpha value is -2.71. The van der Waals surface area contributed by atoms with E-state index >= 15 is 0 Å². The minimum absolute atomic E-state index is 0.0262. The van der Waals surface area contributed by atoms with Gasteiger partial charge in [0.2, 0.25) is 5.91 Å². The Balaban J connectivity index is 1.73. The second-order valence-corrected chi connectivity index (χ2v) is 7.06. The topological polar surface area (TPSA) is 59.8 Å². The minimum atomic E-state index is -0.837. The third-order valence-corrected chi connectivity index (χ3v) is 4.85. The summed E-state index contributed by atoms with van der Waals surface area (Å²) in [6.45, 7) is 4.17. The molecule has 1 heterocycles. The number of nitrogens with zero attached hydrogens (tertiary/aromatic N) is 3. The number of halogens is 3. The normalized spacial score (nSPS) is 10.7. The number of aromatic nitrogens is 3. The Labute approximate surface area is 169 Å². The predicted molar refractivity (Wildman–Crippen MR) is 106 cm³/mol. The van der Waals surface area contributed by atoms with Crippen LogP contribution in [0, 0.1) is 11.6 Å². The molecule has 3 aromatic rings. The molecule has 0 saturated carbocycles. The van der Waals surface area contributed by atoms with Crippen molar-refractivity contribution in [2.75, 3.05) is 11.1 Å². The highest BCUT2D eigenvalue weighted by atomic mass is 35.5. The molecule has 0 aliphatic rings. The lowest BCUT2D eigenvalue weighted by Gasteiger charge is -2.09. The number of carbonyl (C=O) groups is 1. The molecule has 1 N–H and O–H groups in total. The Morgan fingerprint density at radius 2 is 2.07 bits per heavy atom. The predicted octanol–water partition coefficient (Wildman–Crippen LogP) is 4.79. The largest absolute Gasteiger partial charge is 0.323 e. The van der Waals surface area contributed by atoms with Crippen molar-refractivity contribution in [3.8, 4) is 11.4 Å². The number of rotatable bonds is 7. The van der Waals surface area contributed by atoms with Gasteiger partial charge < -0.3 is 5.32 Å². The van der Waals surface area contributed by atoms with Crippen molar-refractivity contribution in [1.29, 1.82) is 0 Å². The molecule has 0 aliphatic heterocycles. The maximum Gasteiger partial charge on any atom is 0.234 e. The molecule has 0 atom stereocenters. The summed E-state index contributed by atoms with van der Waals surface area (Å²) >= 11 is 7.19. The van der Waals surface area contributed by atoms with Crippen LogP contribution < -0.4 is 5.32 Å². The number of amides is 1. The summed E-state index contributed by atoms with van der Waals surface area (Å²) in [6, 6.07) is 10.1. The van der Waals surface area contributed by atoms with Gasteiger partial charge in [-0.05, 0) is 24.3 Å². The Bertz CT molecular complexity index is 1020. The van der Waals surface area contributed by atoms with E-state index in [1.165, 1.54) is 6.07 Å². The summed E-state index contributed by atoms with van der Waals surface area (Å²) in [5.74, 6) is -1.43. The molecule has 28 heavy (non-hydrogen) atoms. The third kappa shape index (κ3) is 4.76. The summed E-state index contributed by atoms with van der Waals surface area (Å²) in [5.41, 5.74) is 0.700. The van der Waals surface area contributed by atoms with Crippen LogP contribution in [0.4, 0.5) is 14.5 Å². The first-order valence-electron chi connectivity index (χ1n) is 8.15. The summed E-state index contributed by atoms with van der Waals surface area (Å²) < 4.78 is 28.4. The molecule has 2 aromatic carbocycles. The smallest absolute Gasteiger partial charge is 0.234 e. The van der Waals surface area contributed by atoms with E-state index in [1.54, 1.807) is 22.8 Å². The van der Waals surface area contributed by atoms with Crippen LogP contribution in [0.15, 0.2) is 60.3 Å². The van der Waals surface area contributed by atoms with Gasteiger partial charge in [0.05, 0.1) is 11.4 Å². The van der Waals surface area contributed by atoms with Gasteiger partial charge in [0.1, 0.15) is 11.6 Å². The molecule has 0 saturated heterocycles. The van der Waals surface area contributed by atoms with Crippen molar-refractivity contribution in [1.82, 2.24) is 14.8 Å². The number of benzene rings is 2. The van der Waals surface area contributed by atoms with Gasteiger partial charge in [-0.1, -0.05) is 41.6 Å². The van der Waals surface area contributed by atoms with Crippen molar-refractivity contribution in [2.45, 2.75) is 11.7 Å². The van der Waals surface area contributed by atoms with Crippen LogP contribution in [-0.4, -0.2) is 26.4 Å². The quantitative estimate of drug-likeness (QED) is 0.441. The van der Waals surface area contributed by atoms with Gasteiger partial charge in [-0.3, -0.25) is 9.36 Å². The van der Waals surface area contributed by atoms with E-state index in [0.29, 0.717) is 28.6 Å². The van der Waals surface area contributed by atoms with Gasteiger partial charge in [-0.15, -0.1) is 16.8 Å². The molecule has 9 heteroatoms. The number of anilines is 1. The van der Waals surface area contributed by atoms with Crippen molar-refractivity contribution in [3.05, 3.63) is 71.8 Å². The fourth-order valence-electron chi connectivity index (χ4n) is 2.44. The van der Waals surface area contributed by atoms with Gasteiger partial charge in [0, 0.05) is 23.2 Å². The van der Waals surface area contributed by atoms with Crippen LogP contribution in [-0.2, 0) is 11.3 Å². The van der Waals surface area contributed by atoms with Gasteiger partial charge in [0.25, 0.3) is 0 Å². The van der Waals surface area contributed by atoms with Gasteiger partial charge in [-0.2, -0.15) is 0 Å². The van der Waals surface area contributed by atoms with E-state index in [1.807, 2.05) is 12.1 Å². The molecule has 144 valence electrons. The lowest BCUT2D eigenvalue weighted by Crippen LogP contribution is -2.15. The number of hydrogen-bond donors (Lipinski definition) is 1. The molecule has 1 amide bonds. The highest BCUT2D eigenvalue weighted by Gasteiger charge is 2.16. The van der Waals surface area contributed by atoms with Crippen molar-refractivity contribution < 1.29 is 13.6 Å². The van der Waals surface area contributed by atoms with Crippen LogP contribution in [0.1, 0.15) is 0 Å². The maximum absolute atomic E-state index is 13.7. The van der Waals surface area contributed by atoms with Crippen LogP contribution in [0.3, 0.4) is 0 Å². The average Bonchev–Trinajstić information content (AvgIpc) is 3.05. The third-order valence-electron chi connectivity index (χ3n) is 3.65. The SMILES string of the molecule is C=CCn1c(SCC(=O)Nc2ccc(F)cc2F)nnc1-c1cccc(Cl)c1. The molecule has 0 bridgehead atoms. The minimum Gasteiger partial charge on any atom is -0.323 e. The zero-order valence-corrected chi connectivity index (χ0v) is 16.1. The number of allylic oxidation sites excluding steroid dienone is 1. The van der Waals surface area contributed by atoms with Crippen LogP contribution in [0.5, 0.6) is 0 Å². The maximum atomic E-state index is 13.7. The van der Waals surface area contributed by atoms with Crippen molar-refractivity contribution in [3.63, 3.8) is 0 Å². The lowest BCUT2D eigenvalue weighted by molar-refractivity contribution is -0.113. The molecule has 0 unspecified atom stereocenters. The molecule has 0 radical (unpaired) electrons. The fourth-order valence-corrected chi connectivity index (χ4v) is 3.38. The zero-order chi connectivity index (χ0) is 20.1. The number of carbonyl (C=O) groups excluding carboxylic acids is 1. The zero-order valence-electron chi connectivity index (χ0n) is 14.5. The number of nitrogens with one attached hydrogen (secondary N) is 1. The van der Waals surface area contributed by atoms with E-state index in [-0.39, 0.29) is 11.4 Å². The fraction of sp³-hybridized carbons (Fsp3) is 0.105. The Kier molecular flexibility index (Phi) is 6.43. The molecule has 1 aromatic heterocycles. The van der Waals surface area contributed by atoms with Crippen LogP contribution >= 0.6 is 23.4 Å². The van der Waals surface area contributed by atoms with E-state index < -0.39 is 17.5 Å². The van der Waals surface area contributed by atoms with E-state index in [9.17, 15) is 13.6 Å². The summed E-state index contributed by atoms with van der Waals surface area (Å²) in [5, 5.41) is 11.8. The first kappa shape index (κ1) is 20.0. The monoisotopic (exact) mass is 420 g/mol. The Morgan fingerprint density at radius 1 is 1.25 bits per heavy atom. The molecular weight excluding hydrogens is 406 g/mol. The summed E-state index contributed by atoms with van der Waals surface area (Å²) in [4.78, 5) is 12.1. The second-order valence-electron chi connectivity index (χ2n) is 5.68. The molecule has 3 rings (SSSR count). The van der Waals surface area contributed by atoms with Crippen molar-refractivity contribution >= 4 is 35.0 Å². The lowest BCUT2D eigenvalue weighted by atomic mass is 10.2. The molecule has 0 spiro atoms. The van der Waals surface area contributed by atoms with Crippen LogP contribution in [0.2, 0.25) is 5.02 Å². The standard InChI is InChI=1S/C19H15ClF2N4OS/c1-2-8-26-18(12-4-3-5-13(20)9-12)24-25-19(26)28-11-17(27)23-16-7-6-14(21)10-15(16)22/h2-7,9-10H,1,8,11H2,(H,23,27). The first-order chi connectivity index (χ1) is 13.5. The summed E-state index contributed by atoms with van der Waals surface area (Å²) in [6.07, 6.45) is 1.69. The average molecular weight is 421 g/mol. The first-order valence-corrected chi connectivity index (χ1v) is 9.52. The highest BCUT2D eigenvalue weighted by Crippen LogP contribution is 2.26. The second kappa shape index (κ2) is 8.99.